The summed E-state index contributed by atoms with van der Waals surface area (Å²) in [7, 11) is 0. The van der Waals surface area contributed by atoms with Crippen molar-refractivity contribution in [2.24, 2.45) is 0 Å². The molecular weight excluding hydrogens is 172 g/mol. The average molecular weight is 176 g/mol. The SMILES string of the molecule is C#Cn1c(=O)[nH]c2nc[nH]c2c1=O. The minimum Gasteiger partial charge on any atom is -0.339 e. The molecule has 2 aromatic heterocycles. The fraction of sp³-hybridized carbons (Fsp3) is 0. The molecule has 0 aromatic carbocycles. The Labute approximate surface area is 71.2 Å². The first-order chi connectivity index (χ1) is 6.24. The van der Waals surface area contributed by atoms with Crippen LogP contribution in [0.3, 0.4) is 0 Å². The molecular formula is C7H4N4O2. The standard InChI is InChI=1S/C7H4N4O2/c1-2-11-6(12)4-5(9-3-8-4)10-7(11)13/h1,3H,(H,8,9)(H,10,13). The lowest BCUT2D eigenvalue weighted by molar-refractivity contribution is 0.930. The van der Waals surface area contributed by atoms with Gasteiger partial charge in [0, 0.05) is 6.04 Å². The lowest BCUT2D eigenvalue weighted by atomic mass is 10.5. The number of imidazole rings is 1. The number of nitrogens with zero attached hydrogens (tertiary/aromatic N) is 2. The van der Waals surface area contributed by atoms with Gasteiger partial charge in [-0.15, -0.1) is 0 Å². The maximum atomic E-state index is 11.4. The Bertz CT molecular complexity index is 610. The lowest BCUT2D eigenvalue weighted by Crippen LogP contribution is -2.32. The van der Waals surface area contributed by atoms with Crippen molar-refractivity contribution in [3.05, 3.63) is 27.2 Å². The van der Waals surface area contributed by atoms with Crippen LogP contribution < -0.4 is 11.2 Å². The zero-order valence-electron chi connectivity index (χ0n) is 6.37. The van der Waals surface area contributed by atoms with E-state index in [4.69, 9.17) is 6.42 Å². The molecule has 2 aromatic rings. The maximum absolute atomic E-state index is 11.4. The van der Waals surface area contributed by atoms with Crippen molar-refractivity contribution < 1.29 is 0 Å². The number of aromatic nitrogens is 4. The summed E-state index contributed by atoms with van der Waals surface area (Å²) in [6.45, 7) is 0. The van der Waals surface area contributed by atoms with Gasteiger partial charge in [-0.3, -0.25) is 9.78 Å². The van der Waals surface area contributed by atoms with Gasteiger partial charge in [-0.1, -0.05) is 6.42 Å². The zero-order chi connectivity index (χ0) is 9.42. The Kier molecular flexibility index (Phi) is 1.33. The highest BCUT2D eigenvalue weighted by atomic mass is 16.2. The monoisotopic (exact) mass is 176 g/mol. The van der Waals surface area contributed by atoms with E-state index < -0.39 is 11.2 Å². The molecule has 0 aliphatic carbocycles. The van der Waals surface area contributed by atoms with Gasteiger partial charge < -0.3 is 4.98 Å². The summed E-state index contributed by atoms with van der Waals surface area (Å²) in [5, 5.41) is 0. The van der Waals surface area contributed by atoms with Crippen LogP contribution in [0.25, 0.3) is 11.2 Å². The quantitative estimate of drug-likeness (QED) is 0.497. The third-order valence-corrected chi connectivity index (χ3v) is 1.61. The number of hydrogen-bond acceptors (Lipinski definition) is 3. The van der Waals surface area contributed by atoms with E-state index in [0.29, 0.717) is 4.57 Å². The topological polar surface area (TPSA) is 83.5 Å². The number of H-pyrrole nitrogens is 2. The van der Waals surface area contributed by atoms with Gasteiger partial charge in [-0.25, -0.2) is 9.78 Å². The number of nitrogens with one attached hydrogen (secondary N) is 2. The second kappa shape index (κ2) is 2.35. The third kappa shape index (κ3) is 0.873. The van der Waals surface area contributed by atoms with Crippen molar-refractivity contribution >= 4 is 11.2 Å². The summed E-state index contributed by atoms with van der Waals surface area (Å²) in [6.07, 6.45) is 6.28. The van der Waals surface area contributed by atoms with Gasteiger partial charge in [0.05, 0.1) is 6.33 Å². The highest BCUT2D eigenvalue weighted by molar-refractivity contribution is 5.67. The molecule has 2 heterocycles. The summed E-state index contributed by atoms with van der Waals surface area (Å²) >= 11 is 0. The van der Waals surface area contributed by atoms with Crippen molar-refractivity contribution in [3.8, 4) is 12.5 Å². The molecule has 13 heavy (non-hydrogen) atoms. The Hall–Kier alpha value is -2.29. The van der Waals surface area contributed by atoms with E-state index in [9.17, 15) is 9.59 Å². The van der Waals surface area contributed by atoms with E-state index in [1.165, 1.54) is 6.33 Å². The molecule has 0 aliphatic rings. The molecule has 0 amide bonds. The van der Waals surface area contributed by atoms with Crippen LogP contribution in [-0.4, -0.2) is 19.5 Å². The third-order valence-electron chi connectivity index (χ3n) is 1.61. The number of aromatic amines is 2. The van der Waals surface area contributed by atoms with Crippen molar-refractivity contribution in [3.63, 3.8) is 0 Å². The molecule has 0 saturated heterocycles. The summed E-state index contributed by atoms with van der Waals surface area (Å²) in [6, 6.07) is 1.96. The van der Waals surface area contributed by atoms with E-state index in [1.807, 2.05) is 6.04 Å². The van der Waals surface area contributed by atoms with Gasteiger partial charge in [0.1, 0.15) is 0 Å². The van der Waals surface area contributed by atoms with Crippen molar-refractivity contribution in [1.82, 2.24) is 19.5 Å². The molecule has 6 nitrogen and oxygen atoms in total. The molecule has 0 fully saturated rings. The van der Waals surface area contributed by atoms with E-state index in [-0.39, 0.29) is 11.2 Å². The molecule has 64 valence electrons. The van der Waals surface area contributed by atoms with E-state index >= 15 is 0 Å². The van der Waals surface area contributed by atoms with Crippen LogP contribution in [0.4, 0.5) is 0 Å². The van der Waals surface area contributed by atoms with Crippen LogP contribution in [-0.2, 0) is 0 Å². The Morgan fingerprint density at radius 1 is 1.54 bits per heavy atom. The molecule has 2 rings (SSSR count). The number of hydrogen-bond donors (Lipinski definition) is 2. The van der Waals surface area contributed by atoms with Gasteiger partial charge in [0.2, 0.25) is 0 Å². The van der Waals surface area contributed by atoms with Crippen LogP contribution >= 0.6 is 0 Å². The fourth-order valence-corrected chi connectivity index (χ4v) is 1.03. The smallest absolute Gasteiger partial charge is 0.339 e. The summed E-state index contributed by atoms with van der Waals surface area (Å²) in [4.78, 5) is 31.1. The normalized spacial score (nSPS) is 10.1. The number of terminal acetylenes is 1. The van der Waals surface area contributed by atoms with E-state index in [1.54, 1.807) is 0 Å². The largest absolute Gasteiger partial charge is 0.342 e. The number of fused-ring (bicyclic) bond motifs is 1. The van der Waals surface area contributed by atoms with E-state index in [2.05, 4.69) is 15.0 Å². The van der Waals surface area contributed by atoms with Gasteiger partial charge in [0.25, 0.3) is 5.56 Å². The number of rotatable bonds is 0. The van der Waals surface area contributed by atoms with Gasteiger partial charge >= 0.3 is 5.69 Å². The summed E-state index contributed by atoms with van der Waals surface area (Å²) < 4.78 is 0.639. The first kappa shape index (κ1) is 7.36. The van der Waals surface area contributed by atoms with Gasteiger partial charge in [-0.05, 0) is 0 Å². The predicted molar refractivity (Wildman–Crippen MR) is 45.2 cm³/mol. The van der Waals surface area contributed by atoms with E-state index in [0.717, 1.165) is 0 Å². The Morgan fingerprint density at radius 3 is 3.00 bits per heavy atom. The van der Waals surface area contributed by atoms with Crippen LogP contribution in [0.15, 0.2) is 15.9 Å². The minimum atomic E-state index is -0.660. The maximum Gasteiger partial charge on any atom is 0.342 e. The highest BCUT2D eigenvalue weighted by Gasteiger charge is 2.06. The second-order valence-electron chi connectivity index (χ2n) is 2.33. The van der Waals surface area contributed by atoms with Crippen molar-refractivity contribution in [2.75, 3.05) is 0 Å². The van der Waals surface area contributed by atoms with Gasteiger partial charge in [-0.2, -0.15) is 4.57 Å². The van der Waals surface area contributed by atoms with Crippen LogP contribution in [0, 0.1) is 12.5 Å². The fourth-order valence-electron chi connectivity index (χ4n) is 1.03. The molecule has 0 aliphatic heterocycles. The highest BCUT2D eigenvalue weighted by Crippen LogP contribution is 1.93. The van der Waals surface area contributed by atoms with Crippen LogP contribution in [0.5, 0.6) is 0 Å². The Balaban J connectivity index is 3.14. The second-order valence-corrected chi connectivity index (χ2v) is 2.33. The van der Waals surface area contributed by atoms with Gasteiger partial charge in [0.15, 0.2) is 11.2 Å². The molecule has 6 heteroatoms. The summed E-state index contributed by atoms with van der Waals surface area (Å²) in [5.41, 5.74) is -0.829. The lowest BCUT2D eigenvalue weighted by Gasteiger charge is -1.92. The van der Waals surface area contributed by atoms with Crippen molar-refractivity contribution in [1.29, 1.82) is 0 Å². The first-order valence-electron chi connectivity index (χ1n) is 3.39. The Morgan fingerprint density at radius 2 is 2.31 bits per heavy atom. The minimum absolute atomic E-state index is 0.192. The van der Waals surface area contributed by atoms with Crippen molar-refractivity contribution in [2.45, 2.75) is 0 Å². The van der Waals surface area contributed by atoms with Crippen LogP contribution in [0.1, 0.15) is 0 Å². The average Bonchev–Trinajstić information content (AvgIpc) is 2.53. The molecule has 2 N–H and O–H groups in total. The first-order valence-corrected chi connectivity index (χ1v) is 3.39. The molecule has 0 spiro atoms. The molecule has 0 saturated carbocycles. The van der Waals surface area contributed by atoms with Crippen LogP contribution in [0.2, 0.25) is 0 Å². The predicted octanol–water partition coefficient (Wildman–Crippen LogP) is -1.15. The molecule has 0 atom stereocenters. The summed E-state index contributed by atoms with van der Waals surface area (Å²) in [5.74, 6) is 0. The molecule has 0 unspecified atom stereocenters. The molecule has 0 radical (unpaired) electrons. The zero-order valence-corrected chi connectivity index (χ0v) is 6.37. The molecule has 0 bridgehead atoms.